The zero-order valence-corrected chi connectivity index (χ0v) is 8.33. The average molecular weight is 189 g/mol. The molecule has 0 aliphatic rings. The van der Waals surface area contributed by atoms with E-state index in [9.17, 15) is 0 Å². The van der Waals surface area contributed by atoms with E-state index in [-0.39, 0.29) is 0 Å². The molecule has 74 valence electrons. The van der Waals surface area contributed by atoms with Gasteiger partial charge in [0.15, 0.2) is 0 Å². The summed E-state index contributed by atoms with van der Waals surface area (Å²) in [7, 11) is 2.03. The third-order valence-corrected chi connectivity index (χ3v) is 2.59. The Labute approximate surface area is 83.3 Å². The molecule has 0 aliphatic carbocycles. The van der Waals surface area contributed by atoms with Gasteiger partial charge in [0.2, 0.25) is 0 Å². The number of nitrogens with two attached hydrogens (primary N) is 2. The van der Waals surface area contributed by atoms with Crippen molar-refractivity contribution in [3.05, 3.63) is 35.5 Å². The summed E-state index contributed by atoms with van der Waals surface area (Å²) in [5.41, 5.74) is 14.8. The first kappa shape index (κ1) is 9.24. The Morgan fingerprint density at radius 1 is 1.21 bits per heavy atom. The first-order valence-corrected chi connectivity index (χ1v) is 4.73. The molecule has 3 heteroatoms. The zero-order chi connectivity index (χ0) is 10.1. The van der Waals surface area contributed by atoms with Crippen LogP contribution in [-0.2, 0) is 20.1 Å². The van der Waals surface area contributed by atoms with E-state index < -0.39 is 0 Å². The minimum Gasteiger partial charge on any atom is -0.350 e. The number of rotatable bonds is 2. The lowest BCUT2D eigenvalue weighted by Crippen LogP contribution is -1.97. The fraction of sp³-hybridized carbons (Fsp3) is 0.273. The summed E-state index contributed by atoms with van der Waals surface area (Å²) in [6.07, 6.45) is 2.07. The van der Waals surface area contributed by atoms with E-state index in [1.54, 1.807) is 0 Å². The summed E-state index contributed by atoms with van der Waals surface area (Å²) in [4.78, 5) is 0. The molecule has 0 radical (unpaired) electrons. The van der Waals surface area contributed by atoms with Crippen molar-refractivity contribution < 1.29 is 0 Å². The van der Waals surface area contributed by atoms with Gasteiger partial charge in [-0.25, -0.2) is 0 Å². The fourth-order valence-corrected chi connectivity index (χ4v) is 1.81. The van der Waals surface area contributed by atoms with E-state index in [1.807, 2.05) is 7.05 Å². The Balaban J connectivity index is 2.71. The quantitative estimate of drug-likeness (QED) is 0.743. The highest BCUT2D eigenvalue weighted by atomic mass is 14.9. The summed E-state index contributed by atoms with van der Waals surface area (Å²) in [6, 6.07) is 6.27. The van der Waals surface area contributed by atoms with Crippen LogP contribution in [0.1, 0.15) is 11.1 Å². The normalized spacial score (nSPS) is 11.1. The van der Waals surface area contributed by atoms with E-state index in [0.29, 0.717) is 13.1 Å². The lowest BCUT2D eigenvalue weighted by molar-refractivity contribution is 0.948. The number of hydrogen-bond donors (Lipinski definition) is 2. The zero-order valence-electron chi connectivity index (χ0n) is 8.33. The Morgan fingerprint density at radius 2 is 2.00 bits per heavy atom. The molecule has 0 spiro atoms. The van der Waals surface area contributed by atoms with Crippen LogP contribution in [0.4, 0.5) is 0 Å². The molecule has 14 heavy (non-hydrogen) atoms. The minimum atomic E-state index is 0.575. The second-order valence-electron chi connectivity index (χ2n) is 3.52. The topological polar surface area (TPSA) is 57.0 Å². The van der Waals surface area contributed by atoms with Gasteiger partial charge in [0.05, 0.1) is 0 Å². The van der Waals surface area contributed by atoms with Crippen molar-refractivity contribution in [3.63, 3.8) is 0 Å². The van der Waals surface area contributed by atoms with Crippen molar-refractivity contribution in [1.29, 1.82) is 0 Å². The smallest absolute Gasteiger partial charge is 0.0481 e. The Kier molecular flexibility index (Phi) is 2.27. The molecule has 2 aromatic rings. The molecule has 1 heterocycles. The predicted molar refractivity (Wildman–Crippen MR) is 58.7 cm³/mol. The van der Waals surface area contributed by atoms with Crippen molar-refractivity contribution in [3.8, 4) is 0 Å². The number of aryl methyl sites for hydroxylation is 1. The molecule has 0 saturated heterocycles. The van der Waals surface area contributed by atoms with Crippen LogP contribution >= 0.6 is 0 Å². The first-order chi connectivity index (χ1) is 6.76. The molecular formula is C11H15N3. The van der Waals surface area contributed by atoms with Crippen LogP contribution in [0.15, 0.2) is 24.4 Å². The molecule has 2 rings (SSSR count). The van der Waals surface area contributed by atoms with E-state index >= 15 is 0 Å². The van der Waals surface area contributed by atoms with E-state index in [1.165, 1.54) is 16.5 Å². The van der Waals surface area contributed by atoms with Crippen LogP contribution < -0.4 is 11.5 Å². The number of aromatic nitrogens is 1. The maximum absolute atomic E-state index is 5.68. The van der Waals surface area contributed by atoms with E-state index in [0.717, 1.165) is 5.56 Å². The monoisotopic (exact) mass is 189 g/mol. The van der Waals surface area contributed by atoms with Gasteiger partial charge in [-0.2, -0.15) is 0 Å². The maximum Gasteiger partial charge on any atom is 0.0481 e. The maximum atomic E-state index is 5.68. The third kappa shape index (κ3) is 1.31. The van der Waals surface area contributed by atoms with Crippen LogP contribution in [0.5, 0.6) is 0 Å². The number of hydrogen-bond acceptors (Lipinski definition) is 2. The standard InChI is InChI=1S/C11H15N3/c1-14-7-9(6-13)10-4-8(5-12)2-3-11(10)14/h2-4,7H,5-6,12-13H2,1H3. The van der Waals surface area contributed by atoms with Crippen LogP contribution in [0.3, 0.4) is 0 Å². The molecule has 0 fully saturated rings. The lowest BCUT2D eigenvalue weighted by atomic mass is 10.1. The number of nitrogens with zero attached hydrogens (tertiary/aromatic N) is 1. The fourth-order valence-electron chi connectivity index (χ4n) is 1.81. The van der Waals surface area contributed by atoms with Crippen molar-refractivity contribution in [2.75, 3.05) is 0 Å². The van der Waals surface area contributed by atoms with Gasteiger partial charge < -0.3 is 16.0 Å². The molecular weight excluding hydrogens is 174 g/mol. The summed E-state index contributed by atoms with van der Waals surface area (Å²) in [6.45, 7) is 1.15. The molecule has 1 aromatic carbocycles. The highest BCUT2D eigenvalue weighted by molar-refractivity contribution is 5.84. The Bertz CT molecular complexity index is 457. The second-order valence-corrected chi connectivity index (χ2v) is 3.52. The molecule has 0 aliphatic heterocycles. The SMILES string of the molecule is Cn1cc(CN)c2cc(CN)ccc21. The van der Waals surface area contributed by atoms with Crippen LogP contribution in [0, 0.1) is 0 Å². The van der Waals surface area contributed by atoms with Gasteiger partial charge >= 0.3 is 0 Å². The Hall–Kier alpha value is -1.32. The highest BCUT2D eigenvalue weighted by Gasteiger charge is 2.04. The molecule has 0 bridgehead atoms. The summed E-state index contributed by atoms with van der Waals surface area (Å²) >= 11 is 0. The lowest BCUT2D eigenvalue weighted by Gasteiger charge is -1.99. The van der Waals surface area contributed by atoms with E-state index in [4.69, 9.17) is 11.5 Å². The highest BCUT2D eigenvalue weighted by Crippen LogP contribution is 2.21. The van der Waals surface area contributed by atoms with Crippen molar-refractivity contribution in [2.24, 2.45) is 18.5 Å². The van der Waals surface area contributed by atoms with E-state index in [2.05, 4.69) is 29.0 Å². The van der Waals surface area contributed by atoms with Crippen molar-refractivity contribution in [1.82, 2.24) is 4.57 Å². The van der Waals surface area contributed by atoms with Gasteiger partial charge in [0.25, 0.3) is 0 Å². The van der Waals surface area contributed by atoms with Gasteiger partial charge in [0, 0.05) is 37.2 Å². The van der Waals surface area contributed by atoms with Gasteiger partial charge in [-0.3, -0.25) is 0 Å². The molecule has 0 amide bonds. The average Bonchev–Trinajstić information content (AvgIpc) is 2.55. The van der Waals surface area contributed by atoms with Crippen LogP contribution in [0.2, 0.25) is 0 Å². The number of benzene rings is 1. The molecule has 0 atom stereocenters. The van der Waals surface area contributed by atoms with Gasteiger partial charge in [0.1, 0.15) is 0 Å². The van der Waals surface area contributed by atoms with Gasteiger partial charge in [-0.05, 0) is 23.3 Å². The summed E-state index contributed by atoms with van der Waals surface area (Å²) in [5, 5.41) is 1.22. The predicted octanol–water partition coefficient (Wildman–Crippen LogP) is 1.10. The minimum absolute atomic E-state index is 0.575. The second kappa shape index (κ2) is 3.44. The molecule has 0 saturated carbocycles. The summed E-state index contributed by atoms with van der Waals surface area (Å²) in [5.74, 6) is 0. The number of fused-ring (bicyclic) bond motifs is 1. The third-order valence-electron chi connectivity index (χ3n) is 2.59. The van der Waals surface area contributed by atoms with Crippen molar-refractivity contribution >= 4 is 10.9 Å². The molecule has 0 unspecified atom stereocenters. The molecule has 4 N–H and O–H groups in total. The Morgan fingerprint density at radius 3 is 2.64 bits per heavy atom. The summed E-state index contributed by atoms with van der Waals surface area (Å²) < 4.78 is 2.10. The first-order valence-electron chi connectivity index (χ1n) is 4.73. The van der Waals surface area contributed by atoms with Crippen LogP contribution in [-0.4, -0.2) is 4.57 Å². The molecule has 1 aromatic heterocycles. The van der Waals surface area contributed by atoms with Crippen LogP contribution in [0.25, 0.3) is 10.9 Å². The molecule has 3 nitrogen and oxygen atoms in total. The largest absolute Gasteiger partial charge is 0.350 e. The van der Waals surface area contributed by atoms with Gasteiger partial charge in [-0.1, -0.05) is 6.07 Å². The van der Waals surface area contributed by atoms with Gasteiger partial charge in [-0.15, -0.1) is 0 Å². The van der Waals surface area contributed by atoms with Crippen molar-refractivity contribution in [2.45, 2.75) is 13.1 Å².